The van der Waals surface area contributed by atoms with Crippen molar-refractivity contribution in [3.05, 3.63) is 42.1 Å². The lowest BCUT2D eigenvalue weighted by Gasteiger charge is -2.19. The van der Waals surface area contributed by atoms with Gasteiger partial charge in [0.2, 0.25) is 5.95 Å². The normalized spacial score (nSPS) is 18.9. The number of benzene rings is 1. The van der Waals surface area contributed by atoms with E-state index in [4.69, 9.17) is 9.92 Å². The van der Waals surface area contributed by atoms with Gasteiger partial charge in [-0.3, -0.25) is 4.79 Å². The number of aromatic nitrogens is 2. The number of rotatable bonds is 12. The summed E-state index contributed by atoms with van der Waals surface area (Å²) in [5.74, 6) is 0.563. The average Bonchev–Trinajstić information content (AvgIpc) is 3.21. The van der Waals surface area contributed by atoms with Crippen LogP contribution in [0.4, 0.5) is 11.8 Å². The Morgan fingerprint density at radius 2 is 2.06 bits per heavy atom. The van der Waals surface area contributed by atoms with Crippen molar-refractivity contribution < 1.29 is 22.2 Å². The molecule has 2 aromatic rings. The van der Waals surface area contributed by atoms with Gasteiger partial charge in [-0.2, -0.15) is 13.4 Å². The molecule has 34 heavy (non-hydrogen) atoms. The molecule has 2 heterocycles. The molecular formula is C22H30N6O5S. The van der Waals surface area contributed by atoms with E-state index < -0.39 is 27.3 Å². The van der Waals surface area contributed by atoms with Crippen molar-refractivity contribution in [1.82, 2.24) is 15.3 Å². The first-order valence-corrected chi connectivity index (χ1v) is 12.5. The van der Waals surface area contributed by atoms with Crippen LogP contribution in [0.1, 0.15) is 37.0 Å². The number of nitrogens with one attached hydrogen (secondary N) is 3. The Bertz CT molecular complexity index is 1100. The third-order valence-corrected chi connectivity index (χ3v) is 6.92. The largest absolute Gasteiger partial charge is 0.382 e. The summed E-state index contributed by atoms with van der Waals surface area (Å²) in [6.07, 6.45) is 2.93. The number of aldehydes is 1. The molecule has 0 radical (unpaired) electrons. The van der Waals surface area contributed by atoms with Crippen molar-refractivity contribution in [2.24, 2.45) is 11.7 Å². The average molecular weight is 491 g/mol. The molecule has 12 heteroatoms. The van der Waals surface area contributed by atoms with Gasteiger partial charge >= 0.3 is 10.1 Å². The standard InChI is InChI=1S/C22H30N6O5S/c1-14(2)8-9-24-21-17(20(23)30)12-26-22(28-21)27-15-10-18(25-11-15)19(13-29)34(31,32)33-16-6-4-3-5-7-16/h3-7,12-15,18-19,25H,8-11H2,1-2H3,(H2,23,30)(H2,24,26,27,28). The van der Waals surface area contributed by atoms with Crippen LogP contribution >= 0.6 is 0 Å². The monoisotopic (exact) mass is 490 g/mol. The lowest BCUT2D eigenvalue weighted by Crippen LogP contribution is -2.43. The summed E-state index contributed by atoms with van der Waals surface area (Å²) in [7, 11) is -4.20. The van der Waals surface area contributed by atoms with Crippen molar-refractivity contribution >= 4 is 34.1 Å². The van der Waals surface area contributed by atoms with Crippen molar-refractivity contribution in [3.8, 4) is 5.75 Å². The van der Waals surface area contributed by atoms with Gasteiger partial charge in [-0.25, -0.2) is 4.98 Å². The molecule has 1 saturated heterocycles. The number of carbonyl (C=O) groups excluding carboxylic acids is 2. The topological polar surface area (TPSA) is 165 Å². The summed E-state index contributed by atoms with van der Waals surface area (Å²) in [6, 6.07) is 7.12. The molecule has 1 fully saturated rings. The minimum atomic E-state index is -4.20. The first-order chi connectivity index (χ1) is 16.2. The fraction of sp³-hybridized carbons (Fsp3) is 0.455. The summed E-state index contributed by atoms with van der Waals surface area (Å²) in [4.78, 5) is 31.9. The van der Waals surface area contributed by atoms with E-state index >= 15 is 0 Å². The lowest BCUT2D eigenvalue weighted by molar-refractivity contribution is -0.107. The molecule has 184 valence electrons. The van der Waals surface area contributed by atoms with E-state index in [1.54, 1.807) is 18.2 Å². The fourth-order valence-electron chi connectivity index (χ4n) is 3.59. The van der Waals surface area contributed by atoms with E-state index in [-0.39, 0.29) is 23.3 Å². The summed E-state index contributed by atoms with van der Waals surface area (Å²) in [5.41, 5.74) is 5.61. The molecule has 0 saturated carbocycles. The van der Waals surface area contributed by atoms with Gasteiger partial charge in [-0.1, -0.05) is 32.0 Å². The van der Waals surface area contributed by atoms with Crippen LogP contribution < -0.4 is 25.9 Å². The molecule has 3 rings (SSSR count). The molecule has 1 amide bonds. The predicted octanol–water partition coefficient (Wildman–Crippen LogP) is 1.15. The second kappa shape index (κ2) is 11.3. The first kappa shape index (κ1) is 25.4. The number of anilines is 2. The van der Waals surface area contributed by atoms with Gasteiger partial charge in [0, 0.05) is 31.4 Å². The Labute approximate surface area is 199 Å². The molecule has 1 aromatic heterocycles. The lowest BCUT2D eigenvalue weighted by atomic mass is 10.1. The second-order valence-electron chi connectivity index (χ2n) is 8.51. The zero-order valence-electron chi connectivity index (χ0n) is 19.1. The molecular weight excluding hydrogens is 460 g/mol. The quantitative estimate of drug-likeness (QED) is 0.250. The van der Waals surface area contributed by atoms with Crippen LogP contribution in [-0.4, -0.2) is 61.0 Å². The predicted molar refractivity (Wildman–Crippen MR) is 128 cm³/mol. The third kappa shape index (κ3) is 6.64. The fourth-order valence-corrected chi connectivity index (χ4v) is 4.82. The Kier molecular flexibility index (Phi) is 8.40. The van der Waals surface area contributed by atoms with Crippen LogP contribution in [0, 0.1) is 5.92 Å². The number of primary amides is 1. The minimum Gasteiger partial charge on any atom is -0.382 e. The summed E-state index contributed by atoms with van der Waals surface area (Å²) >= 11 is 0. The van der Waals surface area contributed by atoms with Crippen molar-refractivity contribution in [1.29, 1.82) is 0 Å². The van der Waals surface area contributed by atoms with Crippen LogP contribution in [-0.2, 0) is 14.9 Å². The number of nitrogens with two attached hydrogens (primary N) is 1. The highest BCUT2D eigenvalue weighted by molar-refractivity contribution is 7.88. The van der Waals surface area contributed by atoms with Crippen LogP contribution in [0.25, 0.3) is 0 Å². The number of carbonyl (C=O) groups is 2. The van der Waals surface area contributed by atoms with Crippen LogP contribution in [0.2, 0.25) is 0 Å². The number of hydrogen-bond acceptors (Lipinski definition) is 10. The maximum absolute atomic E-state index is 12.7. The maximum atomic E-state index is 12.7. The molecule has 3 atom stereocenters. The molecule has 0 spiro atoms. The Morgan fingerprint density at radius 1 is 1.32 bits per heavy atom. The Balaban J connectivity index is 1.66. The minimum absolute atomic E-state index is 0.141. The van der Waals surface area contributed by atoms with E-state index in [2.05, 4.69) is 39.8 Å². The molecule has 3 unspecified atom stereocenters. The number of hydrogen-bond donors (Lipinski definition) is 4. The number of amides is 1. The van der Waals surface area contributed by atoms with Crippen molar-refractivity contribution in [2.45, 2.75) is 44.0 Å². The van der Waals surface area contributed by atoms with Gasteiger partial charge in [0.05, 0.1) is 5.56 Å². The first-order valence-electron chi connectivity index (χ1n) is 11.0. The summed E-state index contributed by atoms with van der Waals surface area (Å²) in [6.45, 7) is 5.17. The van der Waals surface area contributed by atoms with Gasteiger partial charge in [0.1, 0.15) is 17.9 Å². The van der Waals surface area contributed by atoms with Crippen LogP contribution in [0.15, 0.2) is 36.5 Å². The van der Waals surface area contributed by atoms with Gasteiger partial charge in [-0.15, -0.1) is 0 Å². The molecule has 11 nitrogen and oxygen atoms in total. The Morgan fingerprint density at radius 3 is 2.71 bits per heavy atom. The van der Waals surface area contributed by atoms with Crippen molar-refractivity contribution in [2.75, 3.05) is 23.7 Å². The summed E-state index contributed by atoms with van der Waals surface area (Å²) < 4.78 is 30.5. The molecule has 5 N–H and O–H groups in total. The van der Waals surface area contributed by atoms with E-state index in [9.17, 15) is 18.0 Å². The summed E-state index contributed by atoms with van der Waals surface area (Å²) in [5, 5.41) is 7.93. The smallest absolute Gasteiger partial charge is 0.320 e. The number of para-hydroxylation sites is 1. The van der Waals surface area contributed by atoms with Crippen molar-refractivity contribution in [3.63, 3.8) is 0 Å². The highest BCUT2D eigenvalue weighted by atomic mass is 32.2. The van der Waals surface area contributed by atoms with E-state index in [1.165, 1.54) is 18.3 Å². The zero-order valence-corrected chi connectivity index (χ0v) is 19.9. The SMILES string of the molecule is CC(C)CCNc1nc(NC2CNC(C(C=O)S(=O)(=O)Oc3ccccc3)C2)ncc1C(N)=O. The van der Waals surface area contributed by atoms with E-state index in [0.717, 1.165) is 6.42 Å². The van der Waals surface area contributed by atoms with Gasteiger partial charge in [0.25, 0.3) is 5.91 Å². The van der Waals surface area contributed by atoms with Gasteiger partial charge in [-0.05, 0) is 30.9 Å². The van der Waals surface area contributed by atoms with E-state index in [1.807, 2.05) is 0 Å². The molecule has 0 bridgehead atoms. The van der Waals surface area contributed by atoms with Crippen LogP contribution in [0.3, 0.4) is 0 Å². The second-order valence-corrected chi connectivity index (χ2v) is 10.2. The van der Waals surface area contributed by atoms with Gasteiger partial charge < -0.3 is 30.7 Å². The molecule has 1 aliphatic rings. The highest BCUT2D eigenvalue weighted by Crippen LogP contribution is 2.22. The molecule has 0 aliphatic carbocycles. The molecule has 1 aliphatic heterocycles. The molecule has 1 aromatic carbocycles. The van der Waals surface area contributed by atoms with Gasteiger partial charge in [0.15, 0.2) is 5.25 Å². The van der Waals surface area contributed by atoms with Crippen LogP contribution in [0.5, 0.6) is 5.75 Å². The third-order valence-electron chi connectivity index (χ3n) is 5.39. The van der Waals surface area contributed by atoms with E-state index in [0.29, 0.717) is 37.5 Å². The highest BCUT2D eigenvalue weighted by Gasteiger charge is 2.40. The maximum Gasteiger partial charge on any atom is 0.320 e. The zero-order chi connectivity index (χ0) is 24.7. The number of nitrogens with zero attached hydrogens (tertiary/aromatic N) is 2. The Hall–Kier alpha value is -3.25.